The first-order chi connectivity index (χ1) is 13.8. The van der Waals surface area contributed by atoms with E-state index in [2.05, 4.69) is 19.9 Å². The molecule has 8 heteroatoms. The molecular formula is C21H23N5O2S. The Morgan fingerprint density at radius 3 is 2.48 bits per heavy atom. The van der Waals surface area contributed by atoms with E-state index in [1.807, 2.05) is 51.1 Å². The third-order valence-electron chi connectivity index (χ3n) is 4.09. The summed E-state index contributed by atoms with van der Waals surface area (Å²) in [7, 11) is 0. The van der Waals surface area contributed by atoms with Crippen molar-refractivity contribution >= 4 is 23.3 Å². The van der Waals surface area contributed by atoms with Crippen LogP contribution >= 0.6 is 11.5 Å². The van der Waals surface area contributed by atoms with Crippen LogP contribution < -0.4 is 5.32 Å². The van der Waals surface area contributed by atoms with Crippen LogP contribution in [0.3, 0.4) is 0 Å². The van der Waals surface area contributed by atoms with Crippen molar-refractivity contribution in [3.05, 3.63) is 77.1 Å². The Labute approximate surface area is 174 Å². The van der Waals surface area contributed by atoms with E-state index in [0.717, 1.165) is 17.1 Å². The van der Waals surface area contributed by atoms with Gasteiger partial charge in [-0.3, -0.25) is 14.6 Å². The number of carbonyl (C=O) groups is 2. The number of carbonyl (C=O) groups excluding carboxylic acids is 2. The van der Waals surface area contributed by atoms with Gasteiger partial charge < -0.3 is 10.2 Å². The Kier molecular flexibility index (Phi) is 6.33. The second-order valence-corrected chi connectivity index (χ2v) is 8.25. The summed E-state index contributed by atoms with van der Waals surface area (Å²) >= 11 is 1.10. The highest BCUT2D eigenvalue weighted by Gasteiger charge is 2.34. The first-order valence-corrected chi connectivity index (χ1v) is 10.0. The van der Waals surface area contributed by atoms with E-state index >= 15 is 0 Å². The van der Waals surface area contributed by atoms with Crippen LogP contribution in [0.4, 0.5) is 0 Å². The van der Waals surface area contributed by atoms with Gasteiger partial charge in [0.1, 0.15) is 6.04 Å². The maximum absolute atomic E-state index is 13.3. The summed E-state index contributed by atoms with van der Waals surface area (Å²) in [5, 5.41) is 8.49. The lowest BCUT2D eigenvalue weighted by molar-refractivity contribution is -0.127. The highest BCUT2D eigenvalue weighted by molar-refractivity contribution is 7.03. The minimum absolute atomic E-state index is 0.211. The summed E-state index contributed by atoms with van der Waals surface area (Å²) in [5.74, 6) is -0.640. The lowest BCUT2D eigenvalue weighted by atomic mass is 10.0. The van der Waals surface area contributed by atoms with Crippen molar-refractivity contribution < 1.29 is 9.59 Å². The first kappa shape index (κ1) is 20.6. The highest BCUT2D eigenvalue weighted by Crippen LogP contribution is 2.26. The Balaban J connectivity index is 2.05. The van der Waals surface area contributed by atoms with E-state index in [-0.39, 0.29) is 24.1 Å². The minimum atomic E-state index is -0.864. The molecule has 0 aliphatic heterocycles. The summed E-state index contributed by atoms with van der Waals surface area (Å²) in [5.41, 5.74) is 1.29. The molecule has 1 aromatic carbocycles. The van der Waals surface area contributed by atoms with Gasteiger partial charge in [0.05, 0.1) is 0 Å². The van der Waals surface area contributed by atoms with E-state index in [4.69, 9.17) is 0 Å². The molecule has 3 aromatic rings. The zero-order valence-corrected chi connectivity index (χ0v) is 17.4. The molecule has 7 nitrogen and oxygen atoms in total. The van der Waals surface area contributed by atoms with Crippen LogP contribution in [0.25, 0.3) is 0 Å². The molecule has 0 saturated carbocycles. The predicted molar refractivity (Wildman–Crippen MR) is 111 cm³/mol. The zero-order chi connectivity index (χ0) is 20.9. The zero-order valence-electron chi connectivity index (χ0n) is 16.6. The quantitative estimate of drug-likeness (QED) is 0.675. The lowest BCUT2D eigenvalue weighted by Gasteiger charge is -2.33. The predicted octanol–water partition coefficient (Wildman–Crippen LogP) is 3.23. The molecule has 0 saturated heterocycles. The van der Waals surface area contributed by atoms with Crippen molar-refractivity contribution in [3.8, 4) is 0 Å². The highest BCUT2D eigenvalue weighted by atomic mass is 32.1. The molecule has 1 atom stereocenters. The molecule has 150 valence electrons. The smallest absolute Gasteiger partial charge is 0.276 e. The summed E-state index contributed by atoms with van der Waals surface area (Å²) in [6.07, 6.45) is 3.24. The minimum Gasteiger partial charge on any atom is -0.349 e. The van der Waals surface area contributed by atoms with E-state index in [0.29, 0.717) is 5.56 Å². The monoisotopic (exact) mass is 409 g/mol. The van der Waals surface area contributed by atoms with Gasteiger partial charge in [0.2, 0.25) is 5.91 Å². The number of nitrogens with zero attached hydrogens (tertiary/aromatic N) is 4. The SMILES string of the molecule is CC(C)(C)NC(=O)[C@H](c1cccnc1)N(Cc1ccccc1)C(=O)c1csnn1. The van der Waals surface area contributed by atoms with Crippen LogP contribution in [0.2, 0.25) is 0 Å². The van der Waals surface area contributed by atoms with Gasteiger partial charge in [-0.05, 0) is 43.9 Å². The second kappa shape index (κ2) is 8.91. The van der Waals surface area contributed by atoms with Crippen LogP contribution in [-0.2, 0) is 11.3 Å². The Hall–Kier alpha value is -3.13. The molecule has 0 fully saturated rings. The Morgan fingerprint density at radius 2 is 1.90 bits per heavy atom. The van der Waals surface area contributed by atoms with Crippen LogP contribution in [0, 0.1) is 0 Å². The molecule has 0 aliphatic carbocycles. The van der Waals surface area contributed by atoms with Crippen molar-refractivity contribution in [2.45, 2.75) is 38.9 Å². The molecule has 29 heavy (non-hydrogen) atoms. The van der Waals surface area contributed by atoms with Gasteiger partial charge in [-0.2, -0.15) is 0 Å². The molecule has 0 bridgehead atoms. The standard InChI is InChI=1S/C21H23N5O2S/c1-21(2,3)23-19(27)18(16-10-7-11-22-12-16)26(13-15-8-5-4-6-9-15)20(28)17-14-29-25-24-17/h4-12,14,18H,13H2,1-3H3,(H,23,27)/t18-/m0/s1. The van der Waals surface area contributed by atoms with E-state index in [1.165, 1.54) is 4.90 Å². The number of amides is 2. The van der Waals surface area contributed by atoms with E-state index in [1.54, 1.807) is 29.9 Å². The normalized spacial score (nSPS) is 12.2. The van der Waals surface area contributed by atoms with Gasteiger partial charge in [0.25, 0.3) is 5.91 Å². The largest absolute Gasteiger partial charge is 0.349 e. The average molecular weight is 410 g/mol. The van der Waals surface area contributed by atoms with Crippen LogP contribution in [0.5, 0.6) is 0 Å². The number of pyridine rings is 1. The van der Waals surface area contributed by atoms with Gasteiger partial charge >= 0.3 is 0 Å². The molecule has 1 N–H and O–H groups in total. The summed E-state index contributed by atoms with van der Waals surface area (Å²) in [6.45, 7) is 5.95. The topological polar surface area (TPSA) is 88.1 Å². The summed E-state index contributed by atoms with van der Waals surface area (Å²) in [4.78, 5) is 32.3. The summed E-state index contributed by atoms with van der Waals surface area (Å²) < 4.78 is 3.80. The maximum Gasteiger partial charge on any atom is 0.276 e. The average Bonchev–Trinajstić information content (AvgIpc) is 3.22. The molecule has 3 rings (SSSR count). The molecule has 0 aliphatic rings. The second-order valence-electron chi connectivity index (χ2n) is 7.64. The van der Waals surface area contributed by atoms with Crippen LogP contribution in [-0.4, -0.2) is 36.8 Å². The van der Waals surface area contributed by atoms with Crippen molar-refractivity contribution in [3.63, 3.8) is 0 Å². The van der Waals surface area contributed by atoms with E-state index in [9.17, 15) is 9.59 Å². The number of benzene rings is 1. The third-order valence-corrected chi connectivity index (χ3v) is 4.60. The fourth-order valence-corrected chi connectivity index (χ4v) is 3.34. The van der Waals surface area contributed by atoms with E-state index < -0.39 is 11.6 Å². The van der Waals surface area contributed by atoms with Crippen molar-refractivity contribution in [2.75, 3.05) is 0 Å². The van der Waals surface area contributed by atoms with Gasteiger partial charge in [0, 0.05) is 35.4 Å². The maximum atomic E-state index is 13.3. The molecule has 0 radical (unpaired) electrons. The molecule has 2 aromatic heterocycles. The number of aromatic nitrogens is 3. The third kappa shape index (κ3) is 5.45. The fraction of sp³-hybridized carbons (Fsp3) is 0.286. The van der Waals surface area contributed by atoms with Crippen LogP contribution in [0.1, 0.15) is 48.4 Å². The van der Waals surface area contributed by atoms with Crippen molar-refractivity contribution in [2.24, 2.45) is 0 Å². The molecular weight excluding hydrogens is 386 g/mol. The summed E-state index contributed by atoms with van der Waals surface area (Å²) in [6, 6.07) is 12.2. The van der Waals surface area contributed by atoms with Gasteiger partial charge in [-0.15, -0.1) is 5.10 Å². The molecule has 2 amide bonds. The number of hydrogen-bond acceptors (Lipinski definition) is 6. The Bertz CT molecular complexity index is 940. The van der Waals surface area contributed by atoms with Gasteiger partial charge in [-0.25, -0.2) is 0 Å². The molecule has 0 spiro atoms. The van der Waals surface area contributed by atoms with Gasteiger partial charge in [-0.1, -0.05) is 40.9 Å². The Morgan fingerprint density at radius 1 is 1.14 bits per heavy atom. The van der Waals surface area contributed by atoms with Crippen molar-refractivity contribution in [1.82, 2.24) is 24.8 Å². The number of rotatable bonds is 6. The molecule has 2 heterocycles. The van der Waals surface area contributed by atoms with Crippen molar-refractivity contribution in [1.29, 1.82) is 0 Å². The lowest BCUT2D eigenvalue weighted by Crippen LogP contribution is -2.49. The molecule has 0 unspecified atom stereocenters. The fourth-order valence-electron chi connectivity index (χ4n) is 2.91. The van der Waals surface area contributed by atoms with Crippen LogP contribution in [0.15, 0.2) is 60.2 Å². The number of nitrogens with one attached hydrogen (secondary N) is 1. The number of hydrogen-bond donors (Lipinski definition) is 1. The van der Waals surface area contributed by atoms with Gasteiger partial charge in [0.15, 0.2) is 5.69 Å². The first-order valence-electron chi connectivity index (χ1n) is 9.19.